The smallest absolute Gasteiger partial charge is 0.119 e. The maximum Gasteiger partial charge on any atom is 0.119 e. The van der Waals surface area contributed by atoms with E-state index in [0.717, 1.165) is 18.2 Å². The Balaban J connectivity index is 2.40. The van der Waals surface area contributed by atoms with Gasteiger partial charge in [0.15, 0.2) is 0 Å². The minimum atomic E-state index is 0.519. The molecule has 0 unspecified atom stereocenters. The maximum absolute atomic E-state index is 5.30. The van der Waals surface area contributed by atoms with Crippen LogP contribution in [0.25, 0.3) is 0 Å². The van der Waals surface area contributed by atoms with Crippen LogP contribution in [-0.2, 0) is 0 Å². The summed E-state index contributed by atoms with van der Waals surface area (Å²) in [5, 5.41) is 3.60. The molecule has 1 aliphatic heterocycles. The summed E-state index contributed by atoms with van der Waals surface area (Å²) < 4.78 is 5.30. The Labute approximate surface area is 98.0 Å². The van der Waals surface area contributed by atoms with Crippen molar-refractivity contribution in [1.29, 1.82) is 0 Å². The van der Waals surface area contributed by atoms with Crippen molar-refractivity contribution in [1.82, 2.24) is 5.32 Å². The number of ether oxygens (including phenoxy) is 1. The lowest BCUT2D eigenvalue weighted by Gasteiger charge is -2.21. The minimum absolute atomic E-state index is 0.519. The fourth-order valence-electron chi connectivity index (χ4n) is 2.76. The molecule has 1 aliphatic rings. The summed E-state index contributed by atoms with van der Waals surface area (Å²) in [5.74, 6) is 1.69. The molecule has 2 nitrogen and oxygen atoms in total. The number of hydrogen-bond acceptors (Lipinski definition) is 2. The van der Waals surface area contributed by atoms with Crippen molar-refractivity contribution in [3.8, 4) is 5.75 Å². The molecule has 1 N–H and O–H groups in total. The van der Waals surface area contributed by atoms with Crippen LogP contribution >= 0.6 is 0 Å². The average molecular weight is 219 g/mol. The molecular weight excluding hydrogens is 198 g/mol. The molecule has 1 heterocycles. The second kappa shape index (κ2) is 4.46. The second-order valence-corrected chi connectivity index (χ2v) is 4.87. The Kier molecular flexibility index (Phi) is 3.20. The number of methoxy groups -OCH3 is 1. The molecule has 0 amide bonds. The molecule has 2 rings (SSSR count). The van der Waals surface area contributed by atoms with E-state index in [0.29, 0.717) is 6.04 Å². The Morgan fingerprint density at radius 2 is 1.88 bits per heavy atom. The third-order valence-electron chi connectivity index (χ3n) is 3.65. The van der Waals surface area contributed by atoms with Crippen LogP contribution in [0.1, 0.15) is 36.1 Å². The Bertz CT molecular complexity index is 363. The van der Waals surface area contributed by atoms with Gasteiger partial charge in [-0.2, -0.15) is 0 Å². The summed E-state index contributed by atoms with van der Waals surface area (Å²) >= 11 is 0. The standard InChI is InChI=1S/C14H21NO/c1-9-5-6-15-14(9)13-10(2)7-12(16-4)8-11(13)3/h7-9,14-15H,5-6H2,1-4H3/t9-,14-/m1/s1. The van der Waals surface area contributed by atoms with E-state index in [1.807, 2.05) is 0 Å². The average Bonchev–Trinajstić information content (AvgIpc) is 2.64. The molecule has 1 fully saturated rings. The number of rotatable bonds is 2. The SMILES string of the molecule is COc1cc(C)c([C@@H]2NCC[C@H]2C)c(C)c1. The quantitative estimate of drug-likeness (QED) is 0.825. The lowest BCUT2D eigenvalue weighted by molar-refractivity contribution is 0.413. The first kappa shape index (κ1) is 11.5. The van der Waals surface area contributed by atoms with Crippen molar-refractivity contribution in [2.45, 2.75) is 33.2 Å². The van der Waals surface area contributed by atoms with Crippen LogP contribution in [0, 0.1) is 19.8 Å². The van der Waals surface area contributed by atoms with Crippen molar-refractivity contribution in [2.75, 3.05) is 13.7 Å². The molecule has 1 saturated heterocycles. The van der Waals surface area contributed by atoms with Gasteiger partial charge in [-0.25, -0.2) is 0 Å². The summed E-state index contributed by atoms with van der Waals surface area (Å²) in [6.07, 6.45) is 1.27. The Morgan fingerprint density at radius 3 is 2.31 bits per heavy atom. The van der Waals surface area contributed by atoms with E-state index in [2.05, 4.69) is 38.2 Å². The fraction of sp³-hybridized carbons (Fsp3) is 0.571. The highest BCUT2D eigenvalue weighted by atomic mass is 16.5. The third-order valence-corrected chi connectivity index (χ3v) is 3.65. The second-order valence-electron chi connectivity index (χ2n) is 4.87. The van der Waals surface area contributed by atoms with Crippen LogP contribution in [0.2, 0.25) is 0 Å². The third kappa shape index (κ3) is 1.94. The predicted octanol–water partition coefficient (Wildman–Crippen LogP) is 2.98. The molecule has 0 aromatic heterocycles. The molecule has 1 aromatic carbocycles. The molecule has 0 bridgehead atoms. The van der Waals surface area contributed by atoms with Crippen LogP contribution in [0.4, 0.5) is 0 Å². The summed E-state index contributed by atoms with van der Waals surface area (Å²) in [6, 6.07) is 4.79. The van der Waals surface area contributed by atoms with Crippen molar-refractivity contribution in [3.63, 3.8) is 0 Å². The van der Waals surface area contributed by atoms with Crippen LogP contribution in [-0.4, -0.2) is 13.7 Å². The zero-order valence-corrected chi connectivity index (χ0v) is 10.6. The molecule has 0 radical (unpaired) electrons. The molecule has 2 atom stereocenters. The highest BCUT2D eigenvalue weighted by Gasteiger charge is 2.26. The lowest BCUT2D eigenvalue weighted by atomic mass is 9.89. The molecule has 0 aliphatic carbocycles. The summed E-state index contributed by atoms with van der Waals surface area (Å²) in [6.45, 7) is 7.82. The Morgan fingerprint density at radius 1 is 1.25 bits per heavy atom. The minimum Gasteiger partial charge on any atom is -0.497 e. The van der Waals surface area contributed by atoms with Gasteiger partial charge in [-0.05, 0) is 61.6 Å². The molecule has 0 saturated carbocycles. The van der Waals surface area contributed by atoms with Gasteiger partial charge in [-0.3, -0.25) is 0 Å². The lowest BCUT2D eigenvalue weighted by Crippen LogP contribution is -2.18. The maximum atomic E-state index is 5.30. The molecule has 2 heteroatoms. The van der Waals surface area contributed by atoms with Gasteiger partial charge in [0.1, 0.15) is 5.75 Å². The van der Waals surface area contributed by atoms with E-state index in [-0.39, 0.29) is 0 Å². The highest BCUT2D eigenvalue weighted by Crippen LogP contribution is 2.34. The van der Waals surface area contributed by atoms with Gasteiger partial charge in [-0.15, -0.1) is 0 Å². The van der Waals surface area contributed by atoms with Crippen LogP contribution in [0.5, 0.6) is 5.75 Å². The van der Waals surface area contributed by atoms with Gasteiger partial charge in [0.2, 0.25) is 0 Å². The summed E-state index contributed by atoms with van der Waals surface area (Å²) in [5.41, 5.74) is 4.14. The monoisotopic (exact) mass is 219 g/mol. The fourth-order valence-corrected chi connectivity index (χ4v) is 2.76. The van der Waals surface area contributed by atoms with E-state index in [1.54, 1.807) is 7.11 Å². The van der Waals surface area contributed by atoms with E-state index in [9.17, 15) is 0 Å². The van der Waals surface area contributed by atoms with Crippen molar-refractivity contribution in [3.05, 3.63) is 28.8 Å². The van der Waals surface area contributed by atoms with Crippen LogP contribution in [0.15, 0.2) is 12.1 Å². The topological polar surface area (TPSA) is 21.3 Å². The summed E-state index contributed by atoms with van der Waals surface area (Å²) in [7, 11) is 1.73. The zero-order chi connectivity index (χ0) is 11.7. The van der Waals surface area contributed by atoms with Crippen LogP contribution in [0.3, 0.4) is 0 Å². The molecular formula is C14H21NO. The first-order chi connectivity index (χ1) is 7.63. The van der Waals surface area contributed by atoms with Crippen molar-refractivity contribution in [2.24, 2.45) is 5.92 Å². The van der Waals surface area contributed by atoms with Gasteiger partial charge in [-0.1, -0.05) is 6.92 Å². The number of aryl methyl sites for hydroxylation is 2. The summed E-state index contributed by atoms with van der Waals surface area (Å²) in [4.78, 5) is 0. The number of nitrogens with one attached hydrogen (secondary N) is 1. The molecule has 88 valence electrons. The first-order valence-corrected chi connectivity index (χ1v) is 6.02. The van der Waals surface area contributed by atoms with Gasteiger partial charge in [0.25, 0.3) is 0 Å². The number of benzene rings is 1. The van der Waals surface area contributed by atoms with Crippen molar-refractivity contribution >= 4 is 0 Å². The predicted molar refractivity (Wildman–Crippen MR) is 67.0 cm³/mol. The largest absolute Gasteiger partial charge is 0.497 e. The zero-order valence-electron chi connectivity index (χ0n) is 10.6. The normalized spacial score (nSPS) is 24.8. The van der Waals surface area contributed by atoms with E-state index in [4.69, 9.17) is 4.74 Å². The van der Waals surface area contributed by atoms with Crippen molar-refractivity contribution < 1.29 is 4.74 Å². The van der Waals surface area contributed by atoms with Gasteiger partial charge < -0.3 is 10.1 Å². The van der Waals surface area contributed by atoms with Crippen LogP contribution < -0.4 is 10.1 Å². The first-order valence-electron chi connectivity index (χ1n) is 6.02. The van der Waals surface area contributed by atoms with E-state index in [1.165, 1.54) is 23.1 Å². The molecule has 1 aromatic rings. The van der Waals surface area contributed by atoms with E-state index < -0.39 is 0 Å². The van der Waals surface area contributed by atoms with E-state index >= 15 is 0 Å². The number of hydrogen-bond donors (Lipinski definition) is 1. The van der Waals surface area contributed by atoms with Gasteiger partial charge in [0, 0.05) is 6.04 Å². The molecule has 0 spiro atoms. The Hall–Kier alpha value is -1.02. The van der Waals surface area contributed by atoms with Gasteiger partial charge in [0.05, 0.1) is 7.11 Å². The molecule has 16 heavy (non-hydrogen) atoms. The highest BCUT2D eigenvalue weighted by molar-refractivity contribution is 5.43. The van der Waals surface area contributed by atoms with Gasteiger partial charge >= 0.3 is 0 Å².